The molecule has 1 aromatic carbocycles. The van der Waals surface area contributed by atoms with Gasteiger partial charge in [0.1, 0.15) is 17.8 Å². The number of carbonyl (C=O) groups excluding carboxylic acids is 1. The first-order chi connectivity index (χ1) is 15.2. The second kappa shape index (κ2) is 8.35. The summed E-state index contributed by atoms with van der Waals surface area (Å²) in [7, 11) is 1.43. The van der Waals surface area contributed by atoms with Crippen LogP contribution in [-0.2, 0) is 0 Å². The third-order valence-electron chi connectivity index (χ3n) is 4.39. The van der Waals surface area contributed by atoms with Crippen LogP contribution in [0.25, 0.3) is 23.0 Å². The predicted octanol–water partition coefficient (Wildman–Crippen LogP) is 4.54. The highest BCUT2D eigenvalue weighted by Gasteiger charge is 2.23. The first-order valence-corrected chi connectivity index (χ1v) is 9.41. The number of alkyl halides is 3. The number of methoxy groups -OCH3 is 1. The molecule has 0 unspecified atom stereocenters. The quantitative estimate of drug-likeness (QED) is 0.470. The number of rotatable bonds is 5. The summed E-state index contributed by atoms with van der Waals surface area (Å²) in [6.45, 7) is 0. The maximum atomic E-state index is 12.9. The first kappa shape index (κ1) is 21.4. The standard InChI is InChI=1S/C20H14ClF3N6O2/c1-32-17-3-2-12(21)8-13(17)18-15(10-29(28-18)7-5-20(22,23)24)27-19(31)14-9-26-30-11-25-6-4-16(14)30/h2-11H,1H3,(H,27,31)/b7-5+. The van der Waals surface area contributed by atoms with Gasteiger partial charge in [-0.05, 0) is 24.3 Å². The predicted molar refractivity (Wildman–Crippen MR) is 112 cm³/mol. The summed E-state index contributed by atoms with van der Waals surface area (Å²) in [5, 5.41) is 11.3. The van der Waals surface area contributed by atoms with Gasteiger partial charge in [-0.15, -0.1) is 0 Å². The molecule has 32 heavy (non-hydrogen) atoms. The number of nitrogens with one attached hydrogen (secondary N) is 1. The van der Waals surface area contributed by atoms with Crippen molar-refractivity contribution in [2.45, 2.75) is 6.18 Å². The molecule has 0 spiro atoms. The van der Waals surface area contributed by atoms with Gasteiger partial charge in [0.25, 0.3) is 5.91 Å². The maximum Gasteiger partial charge on any atom is 0.411 e. The molecule has 4 rings (SSSR count). The van der Waals surface area contributed by atoms with Crippen molar-refractivity contribution in [3.05, 3.63) is 65.8 Å². The Morgan fingerprint density at radius 3 is 2.84 bits per heavy atom. The van der Waals surface area contributed by atoms with Crippen LogP contribution in [-0.4, -0.2) is 43.6 Å². The number of hydrogen-bond acceptors (Lipinski definition) is 5. The molecule has 4 aromatic rings. The fraction of sp³-hybridized carbons (Fsp3) is 0.100. The first-order valence-electron chi connectivity index (χ1n) is 9.03. The lowest BCUT2D eigenvalue weighted by atomic mass is 10.1. The van der Waals surface area contributed by atoms with Gasteiger partial charge in [0.15, 0.2) is 0 Å². The highest BCUT2D eigenvalue weighted by atomic mass is 35.5. The van der Waals surface area contributed by atoms with Crippen LogP contribution in [0.3, 0.4) is 0 Å². The van der Waals surface area contributed by atoms with E-state index in [-0.39, 0.29) is 23.0 Å². The molecule has 1 amide bonds. The number of halogens is 4. The van der Waals surface area contributed by atoms with Crippen LogP contribution >= 0.6 is 11.6 Å². The van der Waals surface area contributed by atoms with Gasteiger partial charge in [0.2, 0.25) is 0 Å². The summed E-state index contributed by atoms with van der Waals surface area (Å²) >= 11 is 6.10. The van der Waals surface area contributed by atoms with Crippen LogP contribution < -0.4 is 10.1 Å². The molecule has 164 valence electrons. The molecule has 0 aliphatic rings. The van der Waals surface area contributed by atoms with Gasteiger partial charge >= 0.3 is 6.18 Å². The second-order valence-electron chi connectivity index (χ2n) is 6.50. The fourth-order valence-corrected chi connectivity index (χ4v) is 3.17. The molecule has 0 saturated heterocycles. The number of nitrogens with zero attached hydrogens (tertiary/aromatic N) is 5. The van der Waals surface area contributed by atoms with E-state index in [4.69, 9.17) is 16.3 Å². The summed E-state index contributed by atoms with van der Waals surface area (Å²) in [6, 6.07) is 6.33. The van der Waals surface area contributed by atoms with Crippen molar-refractivity contribution in [2.75, 3.05) is 12.4 Å². The van der Waals surface area contributed by atoms with E-state index in [0.717, 1.165) is 10.9 Å². The summed E-state index contributed by atoms with van der Waals surface area (Å²) < 4.78 is 45.6. The SMILES string of the molecule is COc1ccc(Cl)cc1-c1nn(/C=C/C(F)(F)F)cc1NC(=O)c1cnn2cnccc12. The van der Waals surface area contributed by atoms with Gasteiger partial charge in [-0.2, -0.15) is 23.4 Å². The lowest BCUT2D eigenvalue weighted by molar-refractivity contribution is -0.0792. The number of benzene rings is 1. The Labute approximate surface area is 183 Å². The highest BCUT2D eigenvalue weighted by Crippen LogP contribution is 2.36. The lowest BCUT2D eigenvalue weighted by Gasteiger charge is -2.09. The van der Waals surface area contributed by atoms with Gasteiger partial charge in [-0.3, -0.25) is 4.79 Å². The molecule has 0 aliphatic carbocycles. The third-order valence-corrected chi connectivity index (χ3v) is 4.62. The number of carbonyl (C=O) groups is 1. The minimum absolute atomic E-state index is 0.0306. The van der Waals surface area contributed by atoms with Crippen molar-refractivity contribution in [1.29, 1.82) is 0 Å². The van der Waals surface area contributed by atoms with Gasteiger partial charge in [-0.25, -0.2) is 14.2 Å². The third kappa shape index (κ3) is 4.42. The Morgan fingerprint density at radius 2 is 2.09 bits per heavy atom. The largest absolute Gasteiger partial charge is 0.496 e. The maximum absolute atomic E-state index is 12.9. The number of anilines is 1. The van der Waals surface area contributed by atoms with Crippen LogP contribution in [0.2, 0.25) is 5.02 Å². The van der Waals surface area contributed by atoms with Gasteiger partial charge in [-0.1, -0.05) is 11.6 Å². The molecule has 12 heteroatoms. The molecular weight excluding hydrogens is 449 g/mol. The van der Waals surface area contributed by atoms with Crippen molar-refractivity contribution in [1.82, 2.24) is 24.4 Å². The van der Waals surface area contributed by atoms with Crippen molar-refractivity contribution in [3.8, 4) is 17.0 Å². The summed E-state index contributed by atoms with van der Waals surface area (Å²) in [5.74, 6) is -0.162. The second-order valence-corrected chi connectivity index (χ2v) is 6.93. The van der Waals surface area contributed by atoms with E-state index < -0.39 is 12.1 Å². The Kier molecular flexibility index (Phi) is 5.57. The van der Waals surface area contributed by atoms with Gasteiger partial charge in [0, 0.05) is 29.1 Å². The molecule has 3 aromatic heterocycles. The monoisotopic (exact) mass is 462 g/mol. The average Bonchev–Trinajstić information content (AvgIpc) is 3.36. The molecule has 8 nitrogen and oxygen atoms in total. The summed E-state index contributed by atoms with van der Waals surface area (Å²) in [4.78, 5) is 16.9. The molecule has 0 aliphatic heterocycles. The molecule has 0 bridgehead atoms. The molecule has 0 radical (unpaired) electrons. The van der Waals surface area contributed by atoms with Gasteiger partial charge in [0.05, 0.1) is 36.3 Å². The van der Waals surface area contributed by atoms with Crippen molar-refractivity contribution in [3.63, 3.8) is 0 Å². The minimum atomic E-state index is -4.53. The van der Waals surface area contributed by atoms with E-state index in [1.165, 1.54) is 42.6 Å². The van der Waals surface area contributed by atoms with Crippen LogP contribution in [0.4, 0.5) is 18.9 Å². The Hall–Kier alpha value is -3.86. The van der Waals surface area contributed by atoms with Crippen LogP contribution in [0.1, 0.15) is 10.4 Å². The zero-order valence-corrected chi connectivity index (χ0v) is 17.1. The minimum Gasteiger partial charge on any atom is -0.496 e. The summed E-state index contributed by atoms with van der Waals surface area (Å²) in [5.41, 5.74) is 1.45. The van der Waals surface area contributed by atoms with E-state index in [2.05, 4.69) is 20.5 Å². The van der Waals surface area contributed by atoms with Crippen LogP contribution in [0.15, 0.2) is 55.3 Å². The van der Waals surface area contributed by atoms with E-state index in [9.17, 15) is 18.0 Å². The number of fused-ring (bicyclic) bond motifs is 1. The van der Waals surface area contributed by atoms with Crippen molar-refractivity contribution < 1.29 is 22.7 Å². The molecule has 0 saturated carbocycles. The van der Waals surface area contributed by atoms with E-state index in [1.807, 2.05) is 0 Å². The number of allylic oxidation sites excluding steroid dienone is 1. The van der Waals surface area contributed by atoms with Crippen molar-refractivity contribution >= 4 is 34.9 Å². The average molecular weight is 463 g/mol. The van der Waals surface area contributed by atoms with Crippen LogP contribution in [0.5, 0.6) is 5.75 Å². The normalized spacial score (nSPS) is 11.9. The molecule has 1 N–H and O–H groups in total. The van der Waals surface area contributed by atoms with Gasteiger partial charge < -0.3 is 10.1 Å². The topological polar surface area (TPSA) is 86.3 Å². The molecule has 0 fully saturated rings. The fourth-order valence-electron chi connectivity index (χ4n) is 2.99. The Morgan fingerprint density at radius 1 is 1.28 bits per heavy atom. The number of aromatic nitrogens is 5. The lowest BCUT2D eigenvalue weighted by Crippen LogP contribution is -2.12. The number of amides is 1. The van der Waals surface area contributed by atoms with Crippen LogP contribution in [0, 0.1) is 0 Å². The molecule has 3 heterocycles. The Bertz CT molecular complexity index is 1330. The summed E-state index contributed by atoms with van der Waals surface area (Å²) in [6.07, 6.45) is 1.79. The smallest absolute Gasteiger partial charge is 0.411 e. The van der Waals surface area contributed by atoms with Crippen molar-refractivity contribution in [2.24, 2.45) is 0 Å². The Balaban J connectivity index is 1.78. The number of ether oxygens (including phenoxy) is 1. The van der Waals surface area contributed by atoms with E-state index in [0.29, 0.717) is 21.9 Å². The highest BCUT2D eigenvalue weighted by molar-refractivity contribution is 6.31. The molecule has 0 atom stereocenters. The number of hydrogen-bond donors (Lipinski definition) is 1. The molecular formula is C20H14ClF3N6O2. The zero-order chi connectivity index (χ0) is 22.9. The zero-order valence-electron chi connectivity index (χ0n) is 16.3. The van der Waals surface area contributed by atoms with E-state index in [1.54, 1.807) is 18.2 Å². The van der Waals surface area contributed by atoms with E-state index >= 15 is 0 Å².